The molecule has 0 aliphatic carbocycles. The first kappa shape index (κ1) is 11.6. The van der Waals surface area contributed by atoms with Gasteiger partial charge in [0.2, 0.25) is 5.89 Å². The molecule has 0 bridgehead atoms. The molecule has 0 radical (unpaired) electrons. The summed E-state index contributed by atoms with van der Waals surface area (Å²) in [5.74, 6) is 0.923. The molecule has 0 saturated heterocycles. The van der Waals surface area contributed by atoms with E-state index < -0.39 is 0 Å². The van der Waals surface area contributed by atoms with Gasteiger partial charge < -0.3 is 9.73 Å². The molecule has 0 spiro atoms. The third-order valence-electron chi connectivity index (χ3n) is 2.00. The van der Waals surface area contributed by atoms with Crippen LogP contribution < -0.4 is 5.32 Å². The predicted octanol–water partition coefficient (Wildman–Crippen LogP) is 3.63. The van der Waals surface area contributed by atoms with E-state index in [0.29, 0.717) is 18.5 Å². The number of rotatable bonds is 4. The van der Waals surface area contributed by atoms with Gasteiger partial charge in [0.1, 0.15) is 0 Å². The van der Waals surface area contributed by atoms with E-state index >= 15 is 0 Å². The standard InChI is InChI=1S/C10H12BrN3OS/c1-6(2)9-13-14-10(15-9)12-4-7-3-8(11)16-5-7/h3,5-6H,4H2,1-2H3,(H,12,14). The van der Waals surface area contributed by atoms with E-state index in [1.807, 2.05) is 13.8 Å². The average molecular weight is 302 g/mol. The molecule has 0 amide bonds. The van der Waals surface area contributed by atoms with Crippen molar-refractivity contribution in [2.24, 2.45) is 0 Å². The van der Waals surface area contributed by atoms with Crippen LogP contribution in [0.5, 0.6) is 0 Å². The van der Waals surface area contributed by atoms with E-state index in [0.717, 1.165) is 3.79 Å². The minimum absolute atomic E-state index is 0.262. The number of halogens is 1. The van der Waals surface area contributed by atoms with Gasteiger partial charge >= 0.3 is 6.01 Å². The molecular formula is C10H12BrN3OS. The summed E-state index contributed by atoms with van der Waals surface area (Å²) < 4.78 is 6.55. The number of thiophene rings is 1. The van der Waals surface area contributed by atoms with Crippen molar-refractivity contribution in [1.82, 2.24) is 10.2 Å². The highest BCUT2D eigenvalue weighted by Gasteiger charge is 2.09. The number of anilines is 1. The van der Waals surface area contributed by atoms with Gasteiger partial charge in [-0.25, -0.2) is 0 Å². The fraction of sp³-hybridized carbons (Fsp3) is 0.400. The van der Waals surface area contributed by atoms with Crippen LogP contribution in [-0.2, 0) is 6.54 Å². The minimum Gasteiger partial charge on any atom is -0.408 e. The number of hydrogen-bond acceptors (Lipinski definition) is 5. The molecule has 0 aromatic carbocycles. The Bertz CT molecular complexity index is 466. The molecular weight excluding hydrogens is 290 g/mol. The normalized spacial score (nSPS) is 11.0. The Labute approximate surface area is 106 Å². The topological polar surface area (TPSA) is 51.0 Å². The summed E-state index contributed by atoms with van der Waals surface area (Å²) in [6.45, 7) is 4.74. The van der Waals surface area contributed by atoms with E-state index in [2.05, 4.69) is 42.9 Å². The van der Waals surface area contributed by atoms with Crippen molar-refractivity contribution in [3.8, 4) is 0 Å². The first-order chi connectivity index (χ1) is 7.65. The second-order valence-corrected chi connectivity index (χ2v) is 6.00. The molecule has 0 aliphatic rings. The van der Waals surface area contributed by atoms with Crippen LogP contribution in [0.15, 0.2) is 19.6 Å². The molecule has 86 valence electrons. The summed E-state index contributed by atoms with van der Waals surface area (Å²) in [4.78, 5) is 0. The molecule has 0 fully saturated rings. The third kappa shape index (κ3) is 2.82. The maximum atomic E-state index is 5.43. The molecule has 2 aromatic rings. The molecule has 16 heavy (non-hydrogen) atoms. The first-order valence-corrected chi connectivity index (χ1v) is 6.62. The SMILES string of the molecule is CC(C)c1nnc(NCc2csc(Br)c2)o1. The van der Waals surface area contributed by atoms with E-state index in [1.165, 1.54) is 5.56 Å². The Kier molecular flexibility index (Phi) is 3.60. The zero-order valence-corrected chi connectivity index (χ0v) is 11.4. The summed E-state index contributed by atoms with van der Waals surface area (Å²) in [6, 6.07) is 2.54. The molecule has 4 nitrogen and oxygen atoms in total. The van der Waals surface area contributed by atoms with Crippen LogP contribution in [0.25, 0.3) is 0 Å². The van der Waals surface area contributed by atoms with E-state index in [-0.39, 0.29) is 5.92 Å². The van der Waals surface area contributed by atoms with Gasteiger partial charge in [-0.05, 0) is 32.9 Å². The summed E-state index contributed by atoms with van der Waals surface area (Å²) in [5.41, 5.74) is 1.20. The largest absolute Gasteiger partial charge is 0.408 e. The van der Waals surface area contributed by atoms with E-state index in [1.54, 1.807) is 11.3 Å². The van der Waals surface area contributed by atoms with E-state index in [9.17, 15) is 0 Å². The highest BCUT2D eigenvalue weighted by molar-refractivity contribution is 9.11. The van der Waals surface area contributed by atoms with Crippen molar-refractivity contribution in [2.75, 3.05) is 5.32 Å². The van der Waals surface area contributed by atoms with Crippen LogP contribution in [0.3, 0.4) is 0 Å². The molecule has 6 heteroatoms. The Morgan fingerprint density at radius 3 is 2.88 bits per heavy atom. The lowest BCUT2D eigenvalue weighted by atomic mass is 10.2. The fourth-order valence-electron chi connectivity index (χ4n) is 1.16. The monoisotopic (exact) mass is 301 g/mol. The Hall–Kier alpha value is -0.880. The smallest absolute Gasteiger partial charge is 0.315 e. The number of aromatic nitrogens is 2. The van der Waals surface area contributed by atoms with Crippen LogP contribution in [-0.4, -0.2) is 10.2 Å². The summed E-state index contributed by atoms with van der Waals surface area (Å²) in [6.07, 6.45) is 0. The van der Waals surface area contributed by atoms with Gasteiger partial charge in [-0.15, -0.1) is 16.4 Å². The number of nitrogens with zero attached hydrogens (tertiary/aromatic N) is 2. The van der Waals surface area contributed by atoms with Gasteiger partial charge in [-0.1, -0.05) is 18.9 Å². The molecule has 0 saturated carbocycles. The Morgan fingerprint density at radius 2 is 2.31 bits per heavy atom. The maximum Gasteiger partial charge on any atom is 0.315 e. The molecule has 0 atom stereocenters. The predicted molar refractivity (Wildman–Crippen MR) is 67.7 cm³/mol. The highest BCUT2D eigenvalue weighted by Crippen LogP contribution is 2.21. The van der Waals surface area contributed by atoms with Gasteiger partial charge in [0.15, 0.2) is 0 Å². The van der Waals surface area contributed by atoms with Gasteiger partial charge in [0, 0.05) is 12.5 Å². The van der Waals surface area contributed by atoms with E-state index in [4.69, 9.17) is 4.42 Å². The van der Waals surface area contributed by atoms with Crippen molar-refractivity contribution >= 4 is 33.3 Å². The summed E-state index contributed by atoms with van der Waals surface area (Å²) >= 11 is 5.08. The Morgan fingerprint density at radius 1 is 1.50 bits per heavy atom. The van der Waals surface area contributed by atoms with Crippen molar-refractivity contribution < 1.29 is 4.42 Å². The van der Waals surface area contributed by atoms with Crippen LogP contribution in [0.2, 0.25) is 0 Å². The van der Waals surface area contributed by atoms with Gasteiger partial charge in [-0.2, -0.15) is 0 Å². The van der Waals surface area contributed by atoms with Crippen molar-refractivity contribution in [3.63, 3.8) is 0 Å². The fourth-order valence-corrected chi connectivity index (χ4v) is 2.36. The van der Waals surface area contributed by atoms with Crippen molar-refractivity contribution in [2.45, 2.75) is 26.3 Å². The molecule has 0 aliphatic heterocycles. The summed E-state index contributed by atoms with van der Waals surface area (Å²) in [7, 11) is 0. The maximum absolute atomic E-state index is 5.43. The second kappa shape index (κ2) is 4.97. The van der Waals surface area contributed by atoms with Gasteiger partial charge in [0.05, 0.1) is 3.79 Å². The summed E-state index contributed by atoms with van der Waals surface area (Å²) in [5, 5.41) is 13.0. The van der Waals surface area contributed by atoms with Crippen LogP contribution >= 0.6 is 27.3 Å². The number of hydrogen-bond donors (Lipinski definition) is 1. The van der Waals surface area contributed by atoms with Crippen LogP contribution in [0.4, 0.5) is 6.01 Å². The first-order valence-electron chi connectivity index (χ1n) is 4.95. The Balaban J connectivity index is 1.94. The highest BCUT2D eigenvalue weighted by atomic mass is 79.9. The van der Waals surface area contributed by atoms with Crippen LogP contribution in [0, 0.1) is 0 Å². The quantitative estimate of drug-likeness (QED) is 0.937. The second-order valence-electron chi connectivity index (χ2n) is 3.71. The third-order valence-corrected chi connectivity index (χ3v) is 3.55. The lowest BCUT2D eigenvalue weighted by Gasteiger charge is -1.98. The lowest BCUT2D eigenvalue weighted by Crippen LogP contribution is -1.97. The van der Waals surface area contributed by atoms with Crippen molar-refractivity contribution in [3.05, 3.63) is 26.7 Å². The van der Waals surface area contributed by atoms with Gasteiger partial charge in [0.25, 0.3) is 0 Å². The molecule has 0 unspecified atom stereocenters. The lowest BCUT2D eigenvalue weighted by molar-refractivity contribution is 0.480. The van der Waals surface area contributed by atoms with Gasteiger partial charge in [-0.3, -0.25) is 0 Å². The zero-order chi connectivity index (χ0) is 11.5. The molecule has 1 N–H and O–H groups in total. The zero-order valence-electron chi connectivity index (χ0n) is 9.03. The van der Waals surface area contributed by atoms with Crippen molar-refractivity contribution in [1.29, 1.82) is 0 Å². The van der Waals surface area contributed by atoms with Crippen LogP contribution in [0.1, 0.15) is 31.2 Å². The minimum atomic E-state index is 0.262. The average Bonchev–Trinajstić information content (AvgIpc) is 2.83. The molecule has 2 rings (SSSR count). The molecule has 2 aromatic heterocycles. The number of nitrogens with one attached hydrogen (secondary N) is 1. The molecule has 2 heterocycles.